The summed E-state index contributed by atoms with van der Waals surface area (Å²) in [5.74, 6) is -0.296. The molecule has 0 aliphatic carbocycles. The van der Waals surface area contributed by atoms with Crippen LogP contribution in [-0.2, 0) is 0 Å². The Balaban J connectivity index is 2.23. The number of benzene rings is 2. The van der Waals surface area contributed by atoms with E-state index in [1.807, 2.05) is 12.1 Å². The van der Waals surface area contributed by atoms with Gasteiger partial charge in [0, 0.05) is 27.9 Å². The summed E-state index contributed by atoms with van der Waals surface area (Å²) in [6.07, 6.45) is 0. The zero-order valence-electron chi connectivity index (χ0n) is 10.6. The molecular weight excluding hydrogens is 324 g/mol. The SMILES string of the molecule is Cc1cc([N+](=O)[O-])ccc1C(=O)Nc1cccc(Br)c1. The number of anilines is 1. The molecule has 5 nitrogen and oxygen atoms in total. The maximum Gasteiger partial charge on any atom is 0.269 e. The van der Waals surface area contributed by atoms with Crippen molar-refractivity contribution in [3.63, 3.8) is 0 Å². The van der Waals surface area contributed by atoms with Crippen molar-refractivity contribution in [2.45, 2.75) is 6.92 Å². The number of non-ortho nitro benzene ring substituents is 1. The molecule has 0 aromatic heterocycles. The summed E-state index contributed by atoms with van der Waals surface area (Å²) in [7, 11) is 0. The van der Waals surface area contributed by atoms with E-state index in [9.17, 15) is 14.9 Å². The molecule has 2 rings (SSSR count). The summed E-state index contributed by atoms with van der Waals surface area (Å²) in [5, 5.41) is 13.4. The maximum absolute atomic E-state index is 12.1. The average molecular weight is 335 g/mol. The summed E-state index contributed by atoms with van der Waals surface area (Å²) >= 11 is 3.32. The summed E-state index contributed by atoms with van der Waals surface area (Å²) in [6, 6.07) is 11.4. The van der Waals surface area contributed by atoms with Crippen LogP contribution < -0.4 is 5.32 Å². The van der Waals surface area contributed by atoms with E-state index in [-0.39, 0.29) is 11.6 Å². The normalized spacial score (nSPS) is 10.1. The van der Waals surface area contributed by atoms with Gasteiger partial charge in [0.1, 0.15) is 0 Å². The highest BCUT2D eigenvalue weighted by atomic mass is 79.9. The molecule has 1 N–H and O–H groups in total. The molecule has 0 unspecified atom stereocenters. The van der Waals surface area contributed by atoms with Crippen molar-refractivity contribution in [3.05, 3.63) is 68.2 Å². The molecule has 0 bridgehead atoms. The number of carbonyl (C=O) groups excluding carboxylic acids is 1. The van der Waals surface area contributed by atoms with E-state index in [0.29, 0.717) is 16.8 Å². The van der Waals surface area contributed by atoms with E-state index in [0.717, 1.165) is 4.47 Å². The van der Waals surface area contributed by atoms with Gasteiger partial charge in [0.25, 0.3) is 11.6 Å². The molecule has 0 aliphatic rings. The van der Waals surface area contributed by atoms with Gasteiger partial charge in [-0.15, -0.1) is 0 Å². The first kappa shape index (κ1) is 14.2. The van der Waals surface area contributed by atoms with E-state index in [4.69, 9.17) is 0 Å². The first-order valence-corrected chi connectivity index (χ1v) is 6.58. The lowest BCUT2D eigenvalue weighted by Gasteiger charge is -2.08. The highest BCUT2D eigenvalue weighted by molar-refractivity contribution is 9.10. The molecule has 102 valence electrons. The monoisotopic (exact) mass is 334 g/mol. The first-order valence-electron chi connectivity index (χ1n) is 5.79. The van der Waals surface area contributed by atoms with Gasteiger partial charge < -0.3 is 5.32 Å². The van der Waals surface area contributed by atoms with Gasteiger partial charge >= 0.3 is 0 Å². The van der Waals surface area contributed by atoms with Crippen LogP contribution in [0.25, 0.3) is 0 Å². The van der Waals surface area contributed by atoms with Crippen molar-refractivity contribution >= 4 is 33.2 Å². The molecule has 0 radical (unpaired) electrons. The Bertz CT molecular complexity index is 686. The zero-order chi connectivity index (χ0) is 14.7. The highest BCUT2D eigenvalue weighted by Gasteiger charge is 2.13. The van der Waals surface area contributed by atoms with Gasteiger partial charge in [-0.1, -0.05) is 22.0 Å². The van der Waals surface area contributed by atoms with Crippen LogP contribution >= 0.6 is 15.9 Å². The number of halogens is 1. The fourth-order valence-electron chi connectivity index (χ4n) is 1.78. The molecular formula is C14H11BrN2O3. The summed E-state index contributed by atoms with van der Waals surface area (Å²) in [5.41, 5.74) is 1.60. The topological polar surface area (TPSA) is 72.2 Å². The van der Waals surface area contributed by atoms with Crippen LogP contribution in [0.4, 0.5) is 11.4 Å². The van der Waals surface area contributed by atoms with E-state index < -0.39 is 4.92 Å². The third kappa shape index (κ3) is 3.21. The molecule has 0 saturated carbocycles. The van der Waals surface area contributed by atoms with E-state index >= 15 is 0 Å². The highest BCUT2D eigenvalue weighted by Crippen LogP contribution is 2.20. The maximum atomic E-state index is 12.1. The minimum absolute atomic E-state index is 0.0264. The molecule has 0 atom stereocenters. The lowest BCUT2D eigenvalue weighted by atomic mass is 10.1. The van der Waals surface area contributed by atoms with Crippen molar-refractivity contribution in [1.82, 2.24) is 0 Å². The third-order valence-electron chi connectivity index (χ3n) is 2.75. The van der Waals surface area contributed by atoms with E-state index in [2.05, 4.69) is 21.2 Å². The predicted molar refractivity (Wildman–Crippen MR) is 79.9 cm³/mol. The molecule has 0 heterocycles. The van der Waals surface area contributed by atoms with Crippen LogP contribution in [0.1, 0.15) is 15.9 Å². The average Bonchev–Trinajstić information content (AvgIpc) is 2.38. The molecule has 0 aliphatic heterocycles. The van der Waals surface area contributed by atoms with Crippen LogP contribution in [0.15, 0.2) is 46.9 Å². The number of nitro benzene ring substituents is 1. The van der Waals surface area contributed by atoms with Crippen molar-refractivity contribution < 1.29 is 9.72 Å². The smallest absolute Gasteiger partial charge is 0.269 e. The Morgan fingerprint density at radius 2 is 2.00 bits per heavy atom. The van der Waals surface area contributed by atoms with Gasteiger partial charge in [-0.2, -0.15) is 0 Å². The van der Waals surface area contributed by atoms with E-state index in [1.165, 1.54) is 18.2 Å². The van der Waals surface area contributed by atoms with Crippen LogP contribution in [0.3, 0.4) is 0 Å². The number of carbonyl (C=O) groups is 1. The van der Waals surface area contributed by atoms with E-state index in [1.54, 1.807) is 19.1 Å². The number of amides is 1. The summed E-state index contributed by atoms with van der Waals surface area (Å²) < 4.78 is 0.857. The largest absolute Gasteiger partial charge is 0.322 e. The van der Waals surface area contributed by atoms with Crippen LogP contribution in [0, 0.1) is 17.0 Å². The van der Waals surface area contributed by atoms with Crippen molar-refractivity contribution in [3.8, 4) is 0 Å². The number of hydrogen-bond donors (Lipinski definition) is 1. The lowest BCUT2D eigenvalue weighted by Crippen LogP contribution is -2.13. The number of nitro groups is 1. The lowest BCUT2D eigenvalue weighted by molar-refractivity contribution is -0.384. The second-order valence-electron chi connectivity index (χ2n) is 4.22. The molecule has 6 heteroatoms. The number of nitrogens with zero attached hydrogens (tertiary/aromatic N) is 1. The van der Waals surface area contributed by atoms with Crippen molar-refractivity contribution in [2.24, 2.45) is 0 Å². The Morgan fingerprint density at radius 1 is 1.25 bits per heavy atom. The van der Waals surface area contributed by atoms with Gasteiger partial charge in [-0.25, -0.2) is 0 Å². The number of nitrogens with one attached hydrogen (secondary N) is 1. The zero-order valence-corrected chi connectivity index (χ0v) is 12.2. The van der Waals surface area contributed by atoms with Gasteiger partial charge in [0.15, 0.2) is 0 Å². The quantitative estimate of drug-likeness (QED) is 0.683. The van der Waals surface area contributed by atoms with Crippen LogP contribution in [-0.4, -0.2) is 10.8 Å². The molecule has 1 amide bonds. The van der Waals surface area contributed by atoms with Crippen molar-refractivity contribution in [1.29, 1.82) is 0 Å². The van der Waals surface area contributed by atoms with Crippen LogP contribution in [0.2, 0.25) is 0 Å². The molecule has 2 aromatic rings. The number of hydrogen-bond acceptors (Lipinski definition) is 3. The third-order valence-corrected chi connectivity index (χ3v) is 3.24. The van der Waals surface area contributed by atoms with Crippen LogP contribution in [0.5, 0.6) is 0 Å². The van der Waals surface area contributed by atoms with Gasteiger partial charge in [-0.3, -0.25) is 14.9 Å². The minimum atomic E-state index is -0.483. The first-order chi connectivity index (χ1) is 9.47. The van der Waals surface area contributed by atoms with Gasteiger partial charge in [-0.05, 0) is 36.8 Å². The molecule has 0 spiro atoms. The second kappa shape index (κ2) is 5.83. The fourth-order valence-corrected chi connectivity index (χ4v) is 2.18. The van der Waals surface area contributed by atoms with Gasteiger partial charge in [0.2, 0.25) is 0 Å². The van der Waals surface area contributed by atoms with Gasteiger partial charge in [0.05, 0.1) is 4.92 Å². The molecule has 0 saturated heterocycles. The molecule has 0 fully saturated rings. The standard InChI is InChI=1S/C14H11BrN2O3/c1-9-7-12(17(19)20)5-6-13(9)14(18)16-11-4-2-3-10(15)8-11/h2-8H,1H3,(H,16,18). The predicted octanol–water partition coefficient (Wildman–Crippen LogP) is 3.92. The summed E-state index contributed by atoms with van der Waals surface area (Å²) in [6.45, 7) is 1.67. The Hall–Kier alpha value is -2.21. The Labute approximate surface area is 123 Å². The van der Waals surface area contributed by atoms with Crippen molar-refractivity contribution in [2.75, 3.05) is 5.32 Å². The summed E-state index contributed by atoms with van der Waals surface area (Å²) in [4.78, 5) is 22.3. The Morgan fingerprint density at radius 3 is 2.60 bits per heavy atom. The molecule has 20 heavy (non-hydrogen) atoms. The second-order valence-corrected chi connectivity index (χ2v) is 5.14. The fraction of sp³-hybridized carbons (Fsp3) is 0.0714. The number of rotatable bonds is 3. The Kier molecular flexibility index (Phi) is 4.14. The number of aryl methyl sites for hydroxylation is 1. The molecule has 2 aromatic carbocycles. The minimum Gasteiger partial charge on any atom is -0.322 e.